The van der Waals surface area contributed by atoms with Crippen LogP contribution in [0.2, 0.25) is 0 Å². The highest BCUT2D eigenvalue weighted by Crippen LogP contribution is 2.27. The van der Waals surface area contributed by atoms with Gasteiger partial charge in [-0.05, 0) is 43.2 Å². The number of hydrogen-bond donors (Lipinski definition) is 1. The number of benzene rings is 1. The fourth-order valence-corrected chi connectivity index (χ4v) is 2.20. The van der Waals surface area contributed by atoms with Gasteiger partial charge >= 0.3 is 0 Å². The summed E-state index contributed by atoms with van der Waals surface area (Å²) in [6.45, 7) is 6.76. The quantitative estimate of drug-likeness (QED) is 0.896. The minimum absolute atomic E-state index is 0.191. The Bertz CT molecular complexity index is 564. The molecular weight excluding hydrogens is 250 g/mol. The van der Waals surface area contributed by atoms with Crippen LogP contribution in [0.3, 0.4) is 0 Å². The molecule has 0 amide bonds. The van der Waals surface area contributed by atoms with Crippen LogP contribution in [-0.2, 0) is 6.42 Å². The second kappa shape index (κ2) is 6.42. The van der Waals surface area contributed by atoms with Crippen LogP contribution >= 0.6 is 0 Å². The molecule has 0 spiro atoms. The molecule has 106 valence electrons. The first-order valence-corrected chi connectivity index (χ1v) is 7.07. The monoisotopic (exact) mass is 271 g/mol. The molecular formula is C17H21NO2. The summed E-state index contributed by atoms with van der Waals surface area (Å²) in [5.74, 6) is 1.35. The zero-order chi connectivity index (χ0) is 14.5. The van der Waals surface area contributed by atoms with Crippen LogP contribution in [0, 0.1) is 0 Å². The SMILES string of the molecule is CCOc1ccc(C(C)c2ccc(O)c(CC)n2)cc1. The summed E-state index contributed by atoms with van der Waals surface area (Å²) in [5.41, 5.74) is 2.91. The van der Waals surface area contributed by atoms with Crippen LogP contribution in [-0.4, -0.2) is 16.7 Å². The van der Waals surface area contributed by atoms with Gasteiger partial charge in [0.2, 0.25) is 0 Å². The number of nitrogens with zero attached hydrogens (tertiary/aromatic N) is 1. The predicted octanol–water partition coefficient (Wildman–Crippen LogP) is 3.90. The van der Waals surface area contributed by atoms with Gasteiger partial charge in [-0.15, -0.1) is 0 Å². The molecule has 1 aromatic carbocycles. The Labute approximate surface area is 120 Å². The zero-order valence-corrected chi connectivity index (χ0v) is 12.3. The van der Waals surface area contributed by atoms with Crippen LogP contribution in [0.15, 0.2) is 36.4 Å². The number of hydrogen-bond acceptors (Lipinski definition) is 3. The highest BCUT2D eigenvalue weighted by atomic mass is 16.5. The third-order valence-electron chi connectivity index (χ3n) is 3.44. The first kappa shape index (κ1) is 14.4. The Kier molecular flexibility index (Phi) is 4.61. The molecule has 3 nitrogen and oxygen atoms in total. The second-order valence-electron chi connectivity index (χ2n) is 4.78. The summed E-state index contributed by atoms with van der Waals surface area (Å²) < 4.78 is 5.45. The highest BCUT2D eigenvalue weighted by Gasteiger charge is 2.12. The van der Waals surface area contributed by atoms with E-state index in [9.17, 15) is 5.11 Å². The van der Waals surface area contributed by atoms with Crippen LogP contribution < -0.4 is 4.74 Å². The van der Waals surface area contributed by atoms with E-state index in [1.165, 1.54) is 5.56 Å². The largest absolute Gasteiger partial charge is 0.506 e. The van der Waals surface area contributed by atoms with Crippen LogP contribution in [0.5, 0.6) is 11.5 Å². The summed E-state index contributed by atoms with van der Waals surface area (Å²) in [5, 5.41) is 9.70. The van der Waals surface area contributed by atoms with Crippen molar-refractivity contribution in [1.29, 1.82) is 0 Å². The fourth-order valence-electron chi connectivity index (χ4n) is 2.20. The number of aromatic hydroxyl groups is 1. The van der Waals surface area contributed by atoms with E-state index < -0.39 is 0 Å². The first-order valence-electron chi connectivity index (χ1n) is 7.07. The molecule has 0 aliphatic rings. The van der Waals surface area contributed by atoms with E-state index >= 15 is 0 Å². The molecule has 0 aliphatic heterocycles. The molecule has 0 saturated heterocycles. The minimum atomic E-state index is 0.191. The van der Waals surface area contributed by atoms with Gasteiger partial charge in [0.1, 0.15) is 11.5 Å². The Morgan fingerprint density at radius 3 is 2.40 bits per heavy atom. The molecule has 1 heterocycles. The molecule has 0 aliphatic carbocycles. The summed E-state index contributed by atoms with van der Waals surface area (Å²) in [6.07, 6.45) is 0.732. The normalized spacial score (nSPS) is 12.2. The van der Waals surface area contributed by atoms with Crippen LogP contribution in [0.4, 0.5) is 0 Å². The van der Waals surface area contributed by atoms with Crippen molar-refractivity contribution in [3.05, 3.63) is 53.3 Å². The lowest BCUT2D eigenvalue weighted by molar-refractivity contribution is 0.340. The Balaban J connectivity index is 2.24. The van der Waals surface area contributed by atoms with Gasteiger partial charge < -0.3 is 9.84 Å². The zero-order valence-electron chi connectivity index (χ0n) is 12.3. The van der Waals surface area contributed by atoms with Gasteiger partial charge in [0.05, 0.1) is 12.3 Å². The van der Waals surface area contributed by atoms with E-state index in [0.29, 0.717) is 6.61 Å². The fraction of sp³-hybridized carbons (Fsp3) is 0.353. The smallest absolute Gasteiger partial charge is 0.137 e. The van der Waals surface area contributed by atoms with Crippen LogP contribution in [0.25, 0.3) is 0 Å². The number of ether oxygens (including phenoxy) is 1. The number of rotatable bonds is 5. The van der Waals surface area contributed by atoms with Gasteiger partial charge in [0.15, 0.2) is 0 Å². The number of pyridine rings is 1. The average Bonchev–Trinajstić information content (AvgIpc) is 2.48. The van der Waals surface area contributed by atoms with E-state index in [1.54, 1.807) is 6.07 Å². The van der Waals surface area contributed by atoms with Crippen molar-refractivity contribution >= 4 is 0 Å². The molecule has 0 saturated carbocycles. The van der Waals surface area contributed by atoms with E-state index in [-0.39, 0.29) is 11.7 Å². The first-order chi connectivity index (χ1) is 9.65. The lowest BCUT2D eigenvalue weighted by Gasteiger charge is -2.14. The maximum Gasteiger partial charge on any atom is 0.137 e. The Morgan fingerprint density at radius 1 is 1.10 bits per heavy atom. The molecule has 3 heteroatoms. The molecule has 0 bridgehead atoms. The molecule has 0 fully saturated rings. The topological polar surface area (TPSA) is 42.4 Å². The Hall–Kier alpha value is -2.03. The van der Waals surface area contributed by atoms with Gasteiger partial charge in [-0.2, -0.15) is 0 Å². The molecule has 0 radical (unpaired) electrons. The third kappa shape index (κ3) is 3.10. The van der Waals surface area contributed by atoms with Crippen molar-refractivity contribution in [2.75, 3.05) is 6.61 Å². The second-order valence-corrected chi connectivity index (χ2v) is 4.78. The van der Waals surface area contributed by atoms with E-state index in [1.807, 2.05) is 32.0 Å². The molecule has 1 atom stereocenters. The molecule has 1 aromatic heterocycles. The van der Waals surface area contributed by atoms with Crippen molar-refractivity contribution < 1.29 is 9.84 Å². The Morgan fingerprint density at radius 2 is 1.80 bits per heavy atom. The standard InChI is InChI=1S/C17H21NO2/c1-4-15-17(19)11-10-16(18-15)12(3)13-6-8-14(9-7-13)20-5-2/h6-12,19H,4-5H2,1-3H3. The van der Waals surface area contributed by atoms with Gasteiger partial charge in [0, 0.05) is 11.6 Å². The van der Waals surface area contributed by atoms with Gasteiger partial charge in [-0.3, -0.25) is 4.98 Å². The third-order valence-corrected chi connectivity index (χ3v) is 3.44. The van der Waals surface area contributed by atoms with Crippen molar-refractivity contribution in [3.8, 4) is 11.5 Å². The van der Waals surface area contributed by atoms with E-state index in [0.717, 1.165) is 23.6 Å². The maximum atomic E-state index is 9.70. The van der Waals surface area contributed by atoms with E-state index in [4.69, 9.17) is 4.74 Å². The highest BCUT2D eigenvalue weighted by molar-refractivity contribution is 5.36. The number of aromatic nitrogens is 1. The van der Waals surface area contributed by atoms with Crippen molar-refractivity contribution in [3.63, 3.8) is 0 Å². The van der Waals surface area contributed by atoms with Crippen LogP contribution in [0.1, 0.15) is 43.6 Å². The molecule has 1 N–H and O–H groups in total. The molecule has 2 rings (SSSR count). The summed E-state index contributed by atoms with van der Waals surface area (Å²) in [4.78, 5) is 4.54. The maximum absolute atomic E-state index is 9.70. The molecule has 20 heavy (non-hydrogen) atoms. The summed E-state index contributed by atoms with van der Waals surface area (Å²) in [7, 11) is 0. The van der Waals surface area contributed by atoms with Gasteiger partial charge in [-0.1, -0.05) is 26.0 Å². The molecule has 2 aromatic rings. The summed E-state index contributed by atoms with van der Waals surface area (Å²) in [6, 6.07) is 11.7. The predicted molar refractivity (Wildman–Crippen MR) is 80.4 cm³/mol. The lowest BCUT2D eigenvalue weighted by atomic mass is 9.97. The van der Waals surface area contributed by atoms with Crippen molar-refractivity contribution in [1.82, 2.24) is 4.98 Å². The molecule has 1 unspecified atom stereocenters. The minimum Gasteiger partial charge on any atom is -0.506 e. The van der Waals surface area contributed by atoms with Crippen molar-refractivity contribution in [2.45, 2.75) is 33.1 Å². The average molecular weight is 271 g/mol. The van der Waals surface area contributed by atoms with E-state index in [2.05, 4.69) is 24.0 Å². The lowest BCUT2D eigenvalue weighted by Crippen LogP contribution is -2.02. The van der Waals surface area contributed by atoms with Gasteiger partial charge in [0.25, 0.3) is 0 Å². The van der Waals surface area contributed by atoms with Crippen molar-refractivity contribution in [2.24, 2.45) is 0 Å². The summed E-state index contributed by atoms with van der Waals surface area (Å²) >= 11 is 0. The van der Waals surface area contributed by atoms with Gasteiger partial charge in [-0.25, -0.2) is 0 Å². The number of aryl methyl sites for hydroxylation is 1.